The topological polar surface area (TPSA) is 54.1 Å². The van der Waals surface area contributed by atoms with Crippen LogP contribution in [0.15, 0.2) is 48.7 Å². The molecule has 3 aromatic rings. The molecule has 0 saturated heterocycles. The molecule has 1 aliphatic rings. The second-order valence-electron chi connectivity index (χ2n) is 6.51. The number of hydrogen-bond donors (Lipinski definition) is 2. The van der Waals surface area contributed by atoms with Gasteiger partial charge in [0, 0.05) is 23.6 Å². The number of aromatic nitrogens is 1. The highest BCUT2D eigenvalue weighted by Gasteiger charge is 2.52. The number of aromatic amines is 1. The van der Waals surface area contributed by atoms with Crippen molar-refractivity contribution in [1.29, 1.82) is 0 Å². The third-order valence-electron chi connectivity index (χ3n) is 4.96. The van der Waals surface area contributed by atoms with Gasteiger partial charge >= 0.3 is 0 Å². The normalized spacial score (nSPS) is 15.1. The molecule has 128 valence electrons. The van der Waals surface area contributed by atoms with Gasteiger partial charge in [-0.2, -0.15) is 0 Å². The molecule has 25 heavy (non-hydrogen) atoms. The van der Waals surface area contributed by atoms with Gasteiger partial charge in [-0.1, -0.05) is 12.1 Å². The van der Waals surface area contributed by atoms with E-state index in [4.69, 9.17) is 4.74 Å². The summed E-state index contributed by atoms with van der Waals surface area (Å²) in [5, 5.41) is 3.81. The van der Waals surface area contributed by atoms with Gasteiger partial charge in [-0.25, -0.2) is 4.39 Å². The Morgan fingerprint density at radius 1 is 1.24 bits per heavy atom. The van der Waals surface area contributed by atoms with Crippen LogP contribution in [-0.4, -0.2) is 18.0 Å². The SMILES string of the molecule is COc1ccc(CNC(=O)C2(c3c[nH]c4ccc(F)cc34)CC2)cc1. The van der Waals surface area contributed by atoms with Crippen LogP contribution in [0.4, 0.5) is 4.39 Å². The molecule has 5 heteroatoms. The molecule has 2 N–H and O–H groups in total. The summed E-state index contributed by atoms with van der Waals surface area (Å²) in [5.41, 5.74) is 2.20. The summed E-state index contributed by atoms with van der Waals surface area (Å²) in [5.74, 6) is 0.492. The number of fused-ring (bicyclic) bond motifs is 1. The van der Waals surface area contributed by atoms with E-state index in [1.807, 2.05) is 30.5 Å². The van der Waals surface area contributed by atoms with E-state index in [9.17, 15) is 9.18 Å². The van der Waals surface area contributed by atoms with E-state index >= 15 is 0 Å². The number of hydrogen-bond acceptors (Lipinski definition) is 2. The fourth-order valence-corrected chi connectivity index (χ4v) is 3.33. The second-order valence-corrected chi connectivity index (χ2v) is 6.51. The third-order valence-corrected chi connectivity index (χ3v) is 4.96. The number of carbonyl (C=O) groups is 1. The van der Waals surface area contributed by atoms with Crippen LogP contribution in [0.3, 0.4) is 0 Å². The van der Waals surface area contributed by atoms with Crippen LogP contribution in [0.1, 0.15) is 24.0 Å². The number of benzene rings is 2. The fourth-order valence-electron chi connectivity index (χ4n) is 3.33. The summed E-state index contributed by atoms with van der Waals surface area (Å²) >= 11 is 0. The van der Waals surface area contributed by atoms with Crippen molar-refractivity contribution in [2.75, 3.05) is 7.11 Å². The third kappa shape index (κ3) is 2.76. The Morgan fingerprint density at radius 2 is 2.00 bits per heavy atom. The van der Waals surface area contributed by atoms with Crippen LogP contribution in [-0.2, 0) is 16.8 Å². The van der Waals surface area contributed by atoms with Gasteiger partial charge in [0.1, 0.15) is 11.6 Å². The van der Waals surface area contributed by atoms with E-state index in [1.54, 1.807) is 13.2 Å². The maximum atomic E-state index is 13.6. The lowest BCUT2D eigenvalue weighted by Crippen LogP contribution is -2.34. The van der Waals surface area contributed by atoms with Gasteiger partial charge in [0.25, 0.3) is 0 Å². The van der Waals surface area contributed by atoms with Crippen molar-refractivity contribution in [2.24, 2.45) is 0 Å². The number of H-pyrrole nitrogens is 1. The highest BCUT2D eigenvalue weighted by Crippen LogP contribution is 2.50. The molecule has 1 fully saturated rings. The summed E-state index contributed by atoms with van der Waals surface area (Å²) in [6.45, 7) is 0.460. The summed E-state index contributed by atoms with van der Waals surface area (Å²) in [6.07, 6.45) is 3.40. The summed E-state index contributed by atoms with van der Waals surface area (Å²) in [7, 11) is 1.62. The van der Waals surface area contributed by atoms with Crippen LogP contribution >= 0.6 is 0 Å². The maximum Gasteiger partial charge on any atom is 0.231 e. The molecule has 1 aromatic heterocycles. The first-order chi connectivity index (χ1) is 12.1. The lowest BCUT2D eigenvalue weighted by Gasteiger charge is -2.15. The zero-order valence-electron chi connectivity index (χ0n) is 13.9. The van der Waals surface area contributed by atoms with E-state index < -0.39 is 5.41 Å². The predicted octanol–water partition coefficient (Wildman–Crippen LogP) is 3.66. The Morgan fingerprint density at radius 3 is 2.68 bits per heavy atom. The molecule has 1 amide bonds. The molecule has 4 nitrogen and oxygen atoms in total. The second kappa shape index (κ2) is 5.92. The Kier molecular flexibility index (Phi) is 3.71. The van der Waals surface area contributed by atoms with Gasteiger partial charge < -0.3 is 15.0 Å². The van der Waals surface area contributed by atoms with Crippen LogP contribution < -0.4 is 10.1 Å². The molecule has 2 aromatic carbocycles. The number of ether oxygens (including phenoxy) is 1. The molecule has 1 saturated carbocycles. The largest absolute Gasteiger partial charge is 0.497 e. The minimum Gasteiger partial charge on any atom is -0.497 e. The first-order valence-corrected chi connectivity index (χ1v) is 8.31. The Balaban J connectivity index is 1.53. The van der Waals surface area contributed by atoms with Crippen molar-refractivity contribution in [1.82, 2.24) is 10.3 Å². The average Bonchev–Trinajstić information content (AvgIpc) is 3.34. The number of rotatable bonds is 5. The van der Waals surface area contributed by atoms with Crippen molar-refractivity contribution in [3.8, 4) is 5.75 Å². The molecule has 0 atom stereocenters. The van der Waals surface area contributed by atoms with E-state index in [-0.39, 0.29) is 11.7 Å². The van der Waals surface area contributed by atoms with Crippen molar-refractivity contribution in [2.45, 2.75) is 24.8 Å². The van der Waals surface area contributed by atoms with Crippen molar-refractivity contribution >= 4 is 16.8 Å². The number of methoxy groups -OCH3 is 1. The van der Waals surface area contributed by atoms with Crippen molar-refractivity contribution < 1.29 is 13.9 Å². The average molecular weight is 338 g/mol. The Hall–Kier alpha value is -2.82. The zero-order valence-corrected chi connectivity index (χ0v) is 13.9. The molecular formula is C20H19FN2O2. The molecule has 0 spiro atoms. The summed E-state index contributed by atoms with van der Waals surface area (Å²) in [6, 6.07) is 12.2. The first kappa shape index (κ1) is 15.7. The van der Waals surface area contributed by atoms with Gasteiger partial charge in [-0.05, 0) is 54.3 Å². The summed E-state index contributed by atoms with van der Waals surface area (Å²) < 4.78 is 18.7. The Bertz CT molecular complexity index is 927. The van der Waals surface area contributed by atoms with Crippen molar-refractivity contribution in [3.63, 3.8) is 0 Å². The maximum absolute atomic E-state index is 13.6. The molecule has 1 aliphatic carbocycles. The highest BCUT2D eigenvalue weighted by atomic mass is 19.1. The van der Waals surface area contributed by atoms with Gasteiger partial charge in [0.15, 0.2) is 0 Å². The standard InChI is InChI=1S/C20H19FN2O2/c1-25-15-5-2-13(3-6-15)11-23-19(24)20(8-9-20)17-12-22-18-7-4-14(21)10-16(17)18/h2-7,10,12,22H,8-9,11H2,1H3,(H,23,24). The smallest absolute Gasteiger partial charge is 0.231 e. The summed E-state index contributed by atoms with van der Waals surface area (Å²) in [4.78, 5) is 15.9. The molecule has 0 radical (unpaired) electrons. The number of carbonyl (C=O) groups excluding carboxylic acids is 1. The van der Waals surface area contributed by atoms with Crippen LogP contribution in [0.25, 0.3) is 10.9 Å². The van der Waals surface area contributed by atoms with E-state index in [0.29, 0.717) is 6.54 Å². The van der Waals surface area contributed by atoms with Gasteiger partial charge in [0.05, 0.1) is 12.5 Å². The van der Waals surface area contributed by atoms with E-state index in [0.717, 1.165) is 40.6 Å². The quantitative estimate of drug-likeness (QED) is 0.746. The highest BCUT2D eigenvalue weighted by molar-refractivity contribution is 5.97. The number of nitrogens with one attached hydrogen (secondary N) is 2. The minimum absolute atomic E-state index is 0.00604. The lowest BCUT2D eigenvalue weighted by atomic mass is 9.94. The lowest BCUT2D eigenvalue weighted by molar-refractivity contribution is -0.123. The first-order valence-electron chi connectivity index (χ1n) is 8.31. The molecule has 0 bridgehead atoms. The van der Waals surface area contributed by atoms with Gasteiger partial charge in [0.2, 0.25) is 5.91 Å². The number of halogens is 1. The fraction of sp³-hybridized carbons (Fsp3) is 0.250. The molecule has 1 heterocycles. The Labute approximate surface area is 145 Å². The van der Waals surface area contributed by atoms with Gasteiger partial charge in [-0.3, -0.25) is 4.79 Å². The molecular weight excluding hydrogens is 319 g/mol. The van der Waals surface area contributed by atoms with E-state index in [1.165, 1.54) is 12.1 Å². The minimum atomic E-state index is -0.543. The molecule has 0 aliphatic heterocycles. The number of amides is 1. The van der Waals surface area contributed by atoms with Crippen LogP contribution in [0.5, 0.6) is 5.75 Å². The van der Waals surface area contributed by atoms with Crippen LogP contribution in [0, 0.1) is 5.82 Å². The predicted molar refractivity (Wildman–Crippen MR) is 94.0 cm³/mol. The molecule has 4 rings (SSSR count). The zero-order chi connectivity index (χ0) is 17.4. The van der Waals surface area contributed by atoms with Crippen LogP contribution in [0.2, 0.25) is 0 Å². The monoisotopic (exact) mass is 338 g/mol. The van der Waals surface area contributed by atoms with Crippen molar-refractivity contribution in [3.05, 3.63) is 65.6 Å². The van der Waals surface area contributed by atoms with E-state index in [2.05, 4.69) is 10.3 Å². The van der Waals surface area contributed by atoms with Gasteiger partial charge in [-0.15, -0.1) is 0 Å². The molecule has 0 unspecified atom stereocenters.